The van der Waals surface area contributed by atoms with Crippen molar-refractivity contribution in [2.24, 2.45) is 11.8 Å². The maximum atomic E-state index is 13.0. The zero-order valence-electron chi connectivity index (χ0n) is 20.2. The monoisotopic (exact) mass is 450 g/mol. The minimum atomic E-state index is -1.26. The third-order valence-electron chi connectivity index (χ3n) is 4.39. The lowest BCUT2D eigenvalue weighted by molar-refractivity contribution is -0.179. The van der Waals surface area contributed by atoms with Crippen molar-refractivity contribution in [3.8, 4) is 0 Å². The summed E-state index contributed by atoms with van der Waals surface area (Å²) in [5.74, 6) is -2.69. The lowest BCUT2D eigenvalue weighted by atomic mass is 9.92. The van der Waals surface area contributed by atoms with Crippen molar-refractivity contribution in [2.45, 2.75) is 79.1 Å². The van der Waals surface area contributed by atoms with Crippen molar-refractivity contribution in [1.29, 1.82) is 0 Å². The van der Waals surface area contributed by atoms with Gasteiger partial charge < -0.3 is 18.9 Å². The number of rotatable bonds is 13. The van der Waals surface area contributed by atoms with Crippen molar-refractivity contribution in [1.82, 2.24) is 0 Å². The number of esters is 3. The van der Waals surface area contributed by atoms with Gasteiger partial charge in [-0.15, -0.1) is 0 Å². The summed E-state index contributed by atoms with van der Waals surface area (Å²) in [6.45, 7) is 10.9. The third-order valence-corrected chi connectivity index (χ3v) is 4.39. The fraction of sp³-hybridized carbons (Fsp3) is 0.640. The van der Waals surface area contributed by atoms with E-state index in [1.807, 2.05) is 51.1 Å². The molecule has 0 heterocycles. The van der Waals surface area contributed by atoms with Crippen molar-refractivity contribution >= 4 is 17.9 Å². The topological polar surface area (TPSA) is 88.1 Å². The van der Waals surface area contributed by atoms with Crippen molar-refractivity contribution in [3.63, 3.8) is 0 Å². The van der Waals surface area contributed by atoms with Gasteiger partial charge in [0.1, 0.15) is 18.8 Å². The fourth-order valence-electron chi connectivity index (χ4n) is 2.96. The Morgan fingerprint density at radius 2 is 1.62 bits per heavy atom. The molecule has 1 rings (SSSR count). The summed E-state index contributed by atoms with van der Waals surface area (Å²) < 4.78 is 21.7. The van der Waals surface area contributed by atoms with Crippen molar-refractivity contribution in [3.05, 3.63) is 35.9 Å². The maximum absolute atomic E-state index is 13.0. The number of ether oxygens (including phenoxy) is 4. The number of benzene rings is 1. The molecule has 0 unspecified atom stereocenters. The standard InChI is InChI=1S/C25H38O7/c1-7-8-14-29-24(28)22(30-17-21(26)32-25(4,5)6)20(15-18(2)3)23(27)31-16-19-12-10-9-11-13-19/h9-13,18,20,22H,7-8,14-17H2,1-6H3/t20-,22+/m1/s1. The van der Waals surface area contributed by atoms with E-state index in [4.69, 9.17) is 18.9 Å². The average Bonchev–Trinajstić information content (AvgIpc) is 2.70. The van der Waals surface area contributed by atoms with E-state index in [1.54, 1.807) is 20.8 Å². The molecule has 1 aromatic carbocycles. The van der Waals surface area contributed by atoms with Gasteiger partial charge in [-0.05, 0) is 45.1 Å². The molecule has 0 fully saturated rings. The molecule has 0 N–H and O–H groups in total. The Labute approximate surface area is 191 Å². The number of carbonyl (C=O) groups is 3. The molecule has 0 saturated carbocycles. The van der Waals surface area contributed by atoms with Crippen molar-refractivity contribution in [2.75, 3.05) is 13.2 Å². The van der Waals surface area contributed by atoms with Gasteiger partial charge in [-0.3, -0.25) is 4.79 Å². The minimum absolute atomic E-state index is 0.0813. The molecule has 0 bridgehead atoms. The zero-order chi connectivity index (χ0) is 24.1. The summed E-state index contributed by atoms with van der Waals surface area (Å²) in [5, 5.41) is 0. The molecule has 0 saturated heterocycles. The SMILES string of the molecule is CCCCOC(=O)[C@@H](OCC(=O)OC(C)(C)C)[C@@H](CC(C)C)C(=O)OCc1ccccc1. The van der Waals surface area contributed by atoms with Crippen LogP contribution in [-0.2, 0) is 39.9 Å². The second-order valence-electron chi connectivity index (χ2n) is 9.17. The molecule has 0 aliphatic carbocycles. The smallest absolute Gasteiger partial charge is 0.336 e. The summed E-state index contributed by atoms with van der Waals surface area (Å²) in [4.78, 5) is 37.9. The molecular weight excluding hydrogens is 412 g/mol. The van der Waals surface area contributed by atoms with Crippen LogP contribution < -0.4 is 0 Å². The Morgan fingerprint density at radius 3 is 2.19 bits per heavy atom. The third kappa shape index (κ3) is 11.3. The minimum Gasteiger partial charge on any atom is -0.464 e. The van der Waals surface area contributed by atoms with Crippen LogP contribution in [0.5, 0.6) is 0 Å². The molecule has 1 aromatic rings. The van der Waals surface area contributed by atoms with Crippen LogP contribution in [0.2, 0.25) is 0 Å². The fourth-order valence-corrected chi connectivity index (χ4v) is 2.96. The summed E-state index contributed by atoms with van der Waals surface area (Å²) in [6, 6.07) is 9.28. The highest BCUT2D eigenvalue weighted by Crippen LogP contribution is 2.23. The van der Waals surface area contributed by atoms with E-state index in [9.17, 15) is 14.4 Å². The normalized spacial score (nSPS) is 13.3. The second-order valence-corrected chi connectivity index (χ2v) is 9.17. The Hall–Kier alpha value is -2.41. The van der Waals surface area contributed by atoms with Gasteiger partial charge in [0.25, 0.3) is 0 Å². The van der Waals surface area contributed by atoms with E-state index in [-0.39, 0.29) is 19.1 Å². The molecule has 0 amide bonds. The maximum Gasteiger partial charge on any atom is 0.336 e. The van der Waals surface area contributed by atoms with Gasteiger partial charge in [0.15, 0.2) is 6.10 Å². The van der Waals surface area contributed by atoms with E-state index >= 15 is 0 Å². The van der Waals surface area contributed by atoms with Gasteiger partial charge >= 0.3 is 17.9 Å². The molecule has 180 valence electrons. The van der Waals surface area contributed by atoms with E-state index in [1.165, 1.54) is 0 Å². The number of carbonyl (C=O) groups excluding carboxylic acids is 3. The molecule has 0 radical (unpaired) electrons. The lowest BCUT2D eigenvalue weighted by Crippen LogP contribution is -2.41. The van der Waals surface area contributed by atoms with Gasteiger partial charge in [-0.2, -0.15) is 0 Å². The summed E-state index contributed by atoms with van der Waals surface area (Å²) in [7, 11) is 0. The molecule has 0 aliphatic heterocycles. The highest BCUT2D eigenvalue weighted by atomic mass is 16.6. The van der Waals surface area contributed by atoms with Crippen LogP contribution in [0.15, 0.2) is 30.3 Å². The summed E-state index contributed by atoms with van der Waals surface area (Å²) in [5.41, 5.74) is 0.143. The first-order chi connectivity index (χ1) is 15.0. The Morgan fingerprint density at radius 1 is 0.969 bits per heavy atom. The Balaban J connectivity index is 2.97. The number of hydrogen-bond donors (Lipinski definition) is 0. The molecule has 7 heteroatoms. The van der Waals surface area contributed by atoms with Crippen LogP contribution in [0.25, 0.3) is 0 Å². The summed E-state index contributed by atoms with van der Waals surface area (Å²) in [6.07, 6.45) is 0.628. The molecule has 7 nitrogen and oxygen atoms in total. The lowest BCUT2D eigenvalue weighted by Gasteiger charge is -2.26. The van der Waals surface area contributed by atoms with Crippen LogP contribution in [0, 0.1) is 11.8 Å². The van der Waals surface area contributed by atoms with Crippen molar-refractivity contribution < 1.29 is 33.3 Å². The molecule has 2 atom stereocenters. The van der Waals surface area contributed by atoms with Crippen LogP contribution in [0.3, 0.4) is 0 Å². The van der Waals surface area contributed by atoms with Gasteiger partial charge in [0.05, 0.1) is 12.5 Å². The van der Waals surface area contributed by atoms with E-state index in [0.29, 0.717) is 12.8 Å². The van der Waals surface area contributed by atoms with Gasteiger partial charge in [0.2, 0.25) is 0 Å². The first kappa shape index (κ1) is 27.6. The van der Waals surface area contributed by atoms with Crippen LogP contribution in [-0.4, -0.2) is 42.8 Å². The number of unbranched alkanes of at least 4 members (excludes halogenated alkanes) is 1. The highest BCUT2D eigenvalue weighted by molar-refractivity contribution is 5.84. The predicted octanol–water partition coefficient (Wildman–Crippen LogP) is 4.46. The molecule has 0 aromatic heterocycles. The molecular formula is C25H38O7. The largest absolute Gasteiger partial charge is 0.464 e. The molecule has 0 aliphatic rings. The van der Waals surface area contributed by atoms with Gasteiger partial charge in [-0.25, -0.2) is 9.59 Å². The highest BCUT2D eigenvalue weighted by Gasteiger charge is 2.38. The van der Waals surface area contributed by atoms with E-state index < -0.39 is 42.1 Å². The predicted molar refractivity (Wildman–Crippen MR) is 121 cm³/mol. The zero-order valence-corrected chi connectivity index (χ0v) is 20.2. The average molecular weight is 451 g/mol. The number of hydrogen-bond acceptors (Lipinski definition) is 7. The Kier molecular flexibility index (Phi) is 12.0. The second kappa shape index (κ2) is 13.9. The van der Waals surface area contributed by atoms with Crippen LogP contribution >= 0.6 is 0 Å². The molecule has 0 spiro atoms. The van der Waals surface area contributed by atoms with Gasteiger partial charge in [-0.1, -0.05) is 57.5 Å². The van der Waals surface area contributed by atoms with E-state index in [0.717, 1.165) is 12.0 Å². The molecule has 32 heavy (non-hydrogen) atoms. The van der Waals surface area contributed by atoms with Crippen LogP contribution in [0.1, 0.15) is 66.4 Å². The Bertz CT molecular complexity index is 707. The van der Waals surface area contributed by atoms with Gasteiger partial charge in [0, 0.05) is 0 Å². The van der Waals surface area contributed by atoms with E-state index in [2.05, 4.69) is 0 Å². The first-order valence-electron chi connectivity index (χ1n) is 11.2. The summed E-state index contributed by atoms with van der Waals surface area (Å²) >= 11 is 0. The van der Waals surface area contributed by atoms with Crippen LogP contribution in [0.4, 0.5) is 0 Å². The first-order valence-corrected chi connectivity index (χ1v) is 11.2. The quantitative estimate of drug-likeness (QED) is 0.249.